The first-order valence-corrected chi connectivity index (χ1v) is 4.89. The highest BCUT2D eigenvalue weighted by atomic mass is 16.5. The molecule has 0 atom stereocenters. The summed E-state index contributed by atoms with van der Waals surface area (Å²) in [5, 5.41) is 0. The molecule has 1 aromatic carbocycles. The number of aromatic nitrogens is 1. The summed E-state index contributed by atoms with van der Waals surface area (Å²) in [6.45, 7) is 1.80. The normalized spacial score (nSPS) is 10.2. The summed E-state index contributed by atoms with van der Waals surface area (Å²) < 4.78 is 15.9. The van der Waals surface area contributed by atoms with Crippen LogP contribution in [0.3, 0.4) is 0 Å². The van der Waals surface area contributed by atoms with Crippen molar-refractivity contribution in [2.24, 2.45) is 0 Å². The number of aryl methyl sites for hydroxylation is 1. The molecule has 4 heteroatoms. The number of benzene rings is 1. The predicted molar refractivity (Wildman–Crippen MR) is 59.8 cm³/mol. The molecule has 0 saturated heterocycles. The molecular weight excluding hydrogens is 206 g/mol. The van der Waals surface area contributed by atoms with Crippen LogP contribution in [-0.4, -0.2) is 19.2 Å². The van der Waals surface area contributed by atoms with E-state index in [1.54, 1.807) is 27.3 Å². The van der Waals surface area contributed by atoms with Gasteiger partial charge < -0.3 is 13.9 Å². The van der Waals surface area contributed by atoms with Gasteiger partial charge in [-0.25, -0.2) is 4.98 Å². The zero-order chi connectivity index (χ0) is 11.5. The van der Waals surface area contributed by atoms with Gasteiger partial charge in [0.15, 0.2) is 11.7 Å². The van der Waals surface area contributed by atoms with Gasteiger partial charge in [-0.15, -0.1) is 0 Å². The molecule has 0 unspecified atom stereocenters. The number of nitrogens with zero attached hydrogens (tertiary/aromatic N) is 1. The van der Waals surface area contributed by atoms with Gasteiger partial charge in [0, 0.05) is 6.92 Å². The van der Waals surface area contributed by atoms with E-state index in [4.69, 9.17) is 13.9 Å². The summed E-state index contributed by atoms with van der Waals surface area (Å²) in [4.78, 5) is 4.06. The van der Waals surface area contributed by atoms with Gasteiger partial charge in [-0.1, -0.05) is 0 Å². The highest BCUT2D eigenvalue weighted by molar-refractivity contribution is 5.67. The quantitative estimate of drug-likeness (QED) is 0.796. The number of rotatable bonds is 3. The molecule has 0 bridgehead atoms. The molecule has 0 radical (unpaired) electrons. The van der Waals surface area contributed by atoms with Gasteiger partial charge in [-0.2, -0.15) is 0 Å². The average Bonchev–Trinajstić information content (AvgIpc) is 2.75. The smallest absolute Gasteiger partial charge is 0.191 e. The third-order valence-corrected chi connectivity index (χ3v) is 2.29. The first kappa shape index (κ1) is 10.5. The maximum Gasteiger partial charge on any atom is 0.191 e. The van der Waals surface area contributed by atoms with Crippen LogP contribution in [0.5, 0.6) is 11.5 Å². The number of hydrogen-bond acceptors (Lipinski definition) is 4. The Balaban J connectivity index is 2.52. The van der Waals surface area contributed by atoms with Crippen LogP contribution in [0.1, 0.15) is 5.89 Å². The Kier molecular flexibility index (Phi) is 2.81. The Hall–Kier alpha value is -1.97. The Bertz CT molecular complexity index is 491. The lowest BCUT2D eigenvalue weighted by atomic mass is 10.1. The van der Waals surface area contributed by atoms with E-state index >= 15 is 0 Å². The molecule has 1 aromatic heterocycles. The number of oxazole rings is 1. The topological polar surface area (TPSA) is 44.5 Å². The second-order valence-electron chi connectivity index (χ2n) is 3.31. The van der Waals surface area contributed by atoms with Crippen LogP contribution in [-0.2, 0) is 0 Å². The lowest BCUT2D eigenvalue weighted by Gasteiger charge is -2.07. The van der Waals surface area contributed by atoms with Crippen LogP contribution < -0.4 is 9.47 Å². The van der Waals surface area contributed by atoms with Crippen molar-refractivity contribution in [2.45, 2.75) is 6.92 Å². The molecule has 0 saturated carbocycles. The SMILES string of the molecule is COc1ccc(OC)c(-c2cnc(C)o2)c1. The van der Waals surface area contributed by atoms with Crippen molar-refractivity contribution in [3.05, 3.63) is 30.3 Å². The van der Waals surface area contributed by atoms with E-state index in [9.17, 15) is 0 Å². The third kappa shape index (κ3) is 1.86. The minimum Gasteiger partial charge on any atom is -0.497 e. The molecule has 0 aliphatic carbocycles. The Labute approximate surface area is 93.8 Å². The van der Waals surface area contributed by atoms with Gasteiger partial charge in [-0.3, -0.25) is 0 Å². The summed E-state index contributed by atoms with van der Waals surface area (Å²) in [5.74, 6) is 2.79. The van der Waals surface area contributed by atoms with Crippen LogP contribution in [0.4, 0.5) is 0 Å². The molecule has 0 aliphatic rings. The summed E-state index contributed by atoms with van der Waals surface area (Å²) in [7, 11) is 3.24. The average molecular weight is 219 g/mol. The Morgan fingerprint density at radius 3 is 2.56 bits per heavy atom. The highest BCUT2D eigenvalue weighted by Crippen LogP contribution is 2.33. The first-order valence-electron chi connectivity index (χ1n) is 4.89. The number of ether oxygens (including phenoxy) is 2. The van der Waals surface area contributed by atoms with Crippen LogP contribution in [0.2, 0.25) is 0 Å². The molecule has 1 heterocycles. The molecule has 0 fully saturated rings. The summed E-state index contributed by atoms with van der Waals surface area (Å²) in [6, 6.07) is 5.54. The van der Waals surface area contributed by atoms with Crippen molar-refractivity contribution in [1.82, 2.24) is 4.98 Å². The fourth-order valence-corrected chi connectivity index (χ4v) is 1.49. The standard InChI is InChI=1S/C12H13NO3/c1-8-13-7-12(16-8)10-6-9(14-2)4-5-11(10)15-3/h4-7H,1-3H3. The van der Waals surface area contributed by atoms with Crippen molar-refractivity contribution in [2.75, 3.05) is 14.2 Å². The third-order valence-electron chi connectivity index (χ3n) is 2.29. The molecule has 0 aliphatic heterocycles. The fourth-order valence-electron chi connectivity index (χ4n) is 1.49. The zero-order valence-electron chi connectivity index (χ0n) is 9.48. The summed E-state index contributed by atoms with van der Waals surface area (Å²) in [6.07, 6.45) is 1.67. The van der Waals surface area contributed by atoms with E-state index in [0.29, 0.717) is 11.7 Å². The maximum atomic E-state index is 5.46. The second-order valence-corrected chi connectivity index (χ2v) is 3.31. The van der Waals surface area contributed by atoms with Crippen molar-refractivity contribution in [3.63, 3.8) is 0 Å². The molecule has 2 rings (SSSR count). The van der Waals surface area contributed by atoms with E-state index in [1.165, 1.54) is 0 Å². The molecule has 2 aromatic rings. The monoisotopic (exact) mass is 219 g/mol. The van der Waals surface area contributed by atoms with Crippen molar-refractivity contribution in [1.29, 1.82) is 0 Å². The second kappa shape index (κ2) is 4.26. The molecule has 0 spiro atoms. The molecule has 16 heavy (non-hydrogen) atoms. The van der Waals surface area contributed by atoms with Crippen LogP contribution >= 0.6 is 0 Å². The van der Waals surface area contributed by atoms with Gasteiger partial charge in [-0.05, 0) is 18.2 Å². The van der Waals surface area contributed by atoms with Crippen molar-refractivity contribution >= 4 is 0 Å². The van der Waals surface area contributed by atoms with E-state index in [1.807, 2.05) is 18.2 Å². The lowest BCUT2D eigenvalue weighted by molar-refractivity contribution is 0.402. The Morgan fingerprint density at radius 2 is 2.00 bits per heavy atom. The fraction of sp³-hybridized carbons (Fsp3) is 0.250. The molecule has 0 amide bonds. The largest absolute Gasteiger partial charge is 0.497 e. The van der Waals surface area contributed by atoms with E-state index in [-0.39, 0.29) is 0 Å². The first-order chi connectivity index (χ1) is 7.74. The maximum absolute atomic E-state index is 5.46. The predicted octanol–water partition coefficient (Wildman–Crippen LogP) is 2.67. The van der Waals surface area contributed by atoms with Crippen LogP contribution in [0, 0.1) is 6.92 Å². The molecule has 84 valence electrons. The lowest BCUT2D eigenvalue weighted by Crippen LogP contribution is -1.89. The van der Waals surface area contributed by atoms with Gasteiger partial charge in [0.25, 0.3) is 0 Å². The number of hydrogen-bond donors (Lipinski definition) is 0. The van der Waals surface area contributed by atoms with Crippen LogP contribution in [0.25, 0.3) is 11.3 Å². The molecular formula is C12H13NO3. The summed E-state index contributed by atoms with van der Waals surface area (Å²) in [5.41, 5.74) is 0.836. The van der Waals surface area contributed by atoms with Crippen LogP contribution in [0.15, 0.2) is 28.8 Å². The van der Waals surface area contributed by atoms with Crippen molar-refractivity contribution < 1.29 is 13.9 Å². The zero-order valence-corrected chi connectivity index (χ0v) is 9.48. The number of methoxy groups -OCH3 is 2. The van der Waals surface area contributed by atoms with E-state index in [2.05, 4.69) is 4.98 Å². The molecule has 0 N–H and O–H groups in total. The van der Waals surface area contributed by atoms with Gasteiger partial charge in [0.05, 0.1) is 26.0 Å². The van der Waals surface area contributed by atoms with Crippen molar-refractivity contribution in [3.8, 4) is 22.8 Å². The summed E-state index contributed by atoms with van der Waals surface area (Å²) >= 11 is 0. The van der Waals surface area contributed by atoms with E-state index < -0.39 is 0 Å². The van der Waals surface area contributed by atoms with Gasteiger partial charge in [0.1, 0.15) is 11.5 Å². The minimum atomic E-state index is 0.625. The van der Waals surface area contributed by atoms with Gasteiger partial charge in [0.2, 0.25) is 0 Å². The van der Waals surface area contributed by atoms with Gasteiger partial charge >= 0.3 is 0 Å². The highest BCUT2D eigenvalue weighted by Gasteiger charge is 2.11. The van der Waals surface area contributed by atoms with E-state index in [0.717, 1.165) is 17.1 Å². The Morgan fingerprint density at radius 1 is 1.19 bits per heavy atom. The molecule has 4 nitrogen and oxygen atoms in total. The minimum absolute atomic E-state index is 0.625.